The summed E-state index contributed by atoms with van der Waals surface area (Å²) in [6.07, 6.45) is 2.55. The summed E-state index contributed by atoms with van der Waals surface area (Å²) in [6, 6.07) is 1.54. The van der Waals surface area contributed by atoms with Crippen molar-refractivity contribution in [3.05, 3.63) is 0 Å². The molecule has 0 aliphatic heterocycles. The summed E-state index contributed by atoms with van der Waals surface area (Å²) >= 11 is 1.56. The maximum atomic E-state index is 2.53. The Kier molecular flexibility index (Phi) is 5.95. The van der Waals surface area contributed by atoms with E-state index in [2.05, 4.69) is 30.5 Å². The number of hydrogen-bond donors (Lipinski definition) is 0. The van der Waals surface area contributed by atoms with Gasteiger partial charge in [0.25, 0.3) is 0 Å². The van der Waals surface area contributed by atoms with Gasteiger partial charge in [-0.25, -0.2) is 0 Å². The molecule has 0 radical (unpaired) electrons. The van der Waals surface area contributed by atoms with Gasteiger partial charge in [0.15, 0.2) is 0 Å². The van der Waals surface area contributed by atoms with Gasteiger partial charge in [0.1, 0.15) is 0 Å². The summed E-state index contributed by atoms with van der Waals surface area (Å²) in [4.78, 5) is 0. The minimum atomic E-state index is 0.771. The van der Waals surface area contributed by atoms with E-state index in [-0.39, 0.29) is 0 Å². The van der Waals surface area contributed by atoms with Gasteiger partial charge >= 0.3 is 80.5 Å². The van der Waals surface area contributed by atoms with E-state index < -0.39 is 0 Å². The normalized spacial score (nSPS) is 17.2. The van der Waals surface area contributed by atoms with Crippen molar-refractivity contribution in [1.29, 1.82) is 0 Å². The SMILES string of the molecule is CCC(C)[N]([Zr])C(C)CC. The average Bonchev–Trinajstić information content (AvgIpc) is 2.00. The molecule has 0 heterocycles. The van der Waals surface area contributed by atoms with Crippen molar-refractivity contribution in [2.75, 3.05) is 0 Å². The third-order valence-electron chi connectivity index (χ3n) is 2.13. The first-order chi connectivity index (χ1) is 4.63. The summed E-state index contributed by atoms with van der Waals surface area (Å²) in [6.45, 7) is 9.12. The van der Waals surface area contributed by atoms with Crippen molar-refractivity contribution in [3.63, 3.8) is 0 Å². The minimum absolute atomic E-state index is 0.771. The zero-order valence-corrected chi connectivity index (χ0v) is 9.97. The Morgan fingerprint density at radius 3 is 1.60 bits per heavy atom. The van der Waals surface area contributed by atoms with Gasteiger partial charge < -0.3 is 0 Å². The van der Waals surface area contributed by atoms with E-state index in [0.717, 1.165) is 12.1 Å². The molecule has 2 atom stereocenters. The van der Waals surface area contributed by atoms with E-state index in [4.69, 9.17) is 0 Å². The van der Waals surface area contributed by atoms with Crippen molar-refractivity contribution >= 4 is 0 Å². The van der Waals surface area contributed by atoms with Crippen LogP contribution in [0.25, 0.3) is 0 Å². The first-order valence-electron chi connectivity index (χ1n) is 4.13. The van der Waals surface area contributed by atoms with Crippen LogP contribution in [0.2, 0.25) is 0 Å². The summed E-state index contributed by atoms with van der Waals surface area (Å²) < 4.78 is 2.53. The van der Waals surface area contributed by atoms with Crippen molar-refractivity contribution in [3.8, 4) is 0 Å². The Morgan fingerprint density at radius 2 is 1.40 bits per heavy atom. The monoisotopic (exact) mass is 218 g/mol. The molecule has 0 aromatic heterocycles. The fourth-order valence-electron chi connectivity index (χ4n) is 0.828. The summed E-state index contributed by atoms with van der Waals surface area (Å²) in [5, 5.41) is 0. The molecule has 0 saturated heterocycles. The van der Waals surface area contributed by atoms with E-state index in [0.29, 0.717) is 0 Å². The molecular formula is C8H18NZr. The second-order valence-electron chi connectivity index (χ2n) is 2.92. The molecule has 59 valence electrons. The van der Waals surface area contributed by atoms with Crippen LogP contribution in [-0.2, 0) is 25.0 Å². The molecule has 0 saturated carbocycles. The summed E-state index contributed by atoms with van der Waals surface area (Å²) in [5.74, 6) is 0. The molecular weight excluding hydrogens is 201 g/mol. The predicted molar refractivity (Wildman–Crippen MR) is 41.3 cm³/mol. The molecule has 0 aromatic carbocycles. The molecule has 0 N–H and O–H groups in total. The summed E-state index contributed by atoms with van der Waals surface area (Å²) in [7, 11) is 0. The standard InChI is InChI=1S/C8H18N.Zr/c1-5-7(3)9-8(4)6-2;/h7-8H,5-6H2,1-4H3;/q-1;+1. The molecule has 2 unspecified atom stereocenters. The Bertz CT molecular complexity index is 75.3. The number of hydrogen-bond acceptors (Lipinski definition) is 1. The second kappa shape index (κ2) is 5.49. The molecule has 10 heavy (non-hydrogen) atoms. The van der Waals surface area contributed by atoms with Gasteiger partial charge in [-0.2, -0.15) is 0 Å². The molecule has 0 fully saturated rings. The molecule has 0 spiro atoms. The van der Waals surface area contributed by atoms with Crippen LogP contribution in [0.5, 0.6) is 0 Å². The summed E-state index contributed by atoms with van der Waals surface area (Å²) in [5.41, 5.74) is 0. The zero-order valence-electron chi connectivity index (χ0n) is 7.52. The molecule has 0 bridgehead atoms. The topological polar surface area (TPSA) is 3.24 Å². The second-order valence-corrected chi connectivity index (χ2v) is 4.19. The van der Waals surface area contributed by atoms with Crippen LogP contribution in [0.3, 0.4) is 0 Å². The third-order valence-corrected chi connectivity index (χ3v) is 4.30. The Labute approximate surface area is 80.4 Å². The Morgan fingerprint density at radius 1 is 1.10 bits per heavy atom. The van der Waals surface area contributed by atoms with E-state index in [1.807, 2.05) is 0 Å². The van der Waals surface area contributed by atoms with Crippen LogP contribution in [0.15, 0.2) is 0 Å². The van der Waals surface area contributed by atoms with Gasteiger partial charge in [0.2, 0.25) is 0 Å². The Hall–Kier alpha value is 0.843. The van der Waals surface area contributed by atoms with E-state index in [1.54, 1.807) is 25.0 Å². The van der Waals surface area contributed by atoms with Crippen LogP contribution >= 0.6 is 0 Å². The maximum absolute atomic E-state index is 2.53. The van der Waals surface area contributed by atoms with Crippen LogP contribution in [0, 0.1) is 0 Å². The zero-order chi connectivity index (χ0) is 8.15. The fraction of sp³-hybridized carbons (Fsp3) is 1.00. The van der Waals surface area contributed by atoms with E-state index in [9.17, 15) is 0 Å². The predicted octanol–water partition coefficient (Wildman–Crippen LogP) is 2.35. The molecule has 2 heteroatoms. The fourth-order valence-corrected chi connectivity index (χ4v) is 1.73. The number of rotatable bonds is 4. The van der Waals surface area contributed by atoms with Gasteiger partial charge in [-0.3, -0.25) is 0 Å². The van der Waals surface area contributed by atoms with Crippen LogP contribution in [0.4, 0.5) is 0 Å². The van der Waals surface area contributed by atoms with Crippen LogP contribution in [-0.4, -0.2) is 14.9 Å². The van der Waals surface area contributed by atoms with Crippen molar-refractivity contribution in [1.82, 2.24) is 2.84 Å². The number of nitrogens with zero attached hydrogens (tertiary/aromatic N) is 1. The van der Waals surface area contributed by atoms with Gasteiger partial charge in [-0.15, -0.1) is 0 Å². The average molecular weight is 219 g/mol. The van der Waals surface area contributed by atoms with Gasteiger partial charge in [0.05, 0.1) is 0 Å². The molecule has 0 aliphatic rings. The van der Waals surface area contributed by atoms with Gasteiger partial charge in [0, 0.05) is 0 Å². The first-order valence-corrected chi connectivity index (χ1v) is 5.22. The van der Waals surface area contributed by atoms with Crippen molar-refractivity contribution in [2.45, 2.75) is 52.6 Å². The third kappa shape index (κ3) is 3.30. The van der Waals surface area contributed by atoms with E-state index >= 15 is 0 Å². The quantitative estimate of drug-likeness (QED) is 0.701. The molecule has 0 rings (SSSR count). The van der Waals surface area contributed by atoms with Crippen LogP contribution < -0.4 is 0 Å². The van der Waals surface area contributed by atoms with Crippen molar-refractivity contribution in [2.24, 2.45) is 0 Å². The molecule has 1 nitrogen and oxygen atoms in total. The van der Waals surface area contributed by atoms with Crippen molar-refractivity contribution < 1.29 is 25.0 Å². The Balaban J connectivity index is 3.69. The molecule has 0 amide bonds. The molecule has 0 aromatic rings. The first kappa shape index (κ1) is 10.8. The van der Waals surface area contributed by atoms with Gasteiger partial charge in [-0.1, -0.05) is 0 Å². The van der Waals surface area contributed by atoms with E-state index in [1.165, 1.54) is 12.8 Å². The van der Waals surface area contributed by atoms with Gasteiger partial charge in [-0.05, 0) is 0 Å². The molecule has 0 aliphatic carbocycles. The van der Waals surface area contributed by atoms with Crippen LogP contribution in [0.1, 0.15) is 40.5 Å².